The Hall–Kier alpha value is -2.37. The molecule has 2 amide bonds. The van der Waals surface area contributed by atoms with Crippen molar-refractivity contribution in [2.75, 3.05) is 13.1 Å². The van der Waals surface area contributed by atoms with E-state index in [1.54, 1.807) is 4.90 Å². The molecule has 1 heterocycles. The van der Waals surface area contributed by atoms with Crippen LogP contribution in [0.25, 0.3) is 0 Å². The number of piperidine rings is 1. The molecule has 1 saturated heterocycles. The molecule has 1 aromatic rings. The van der Waals surface area contributed by atoms with Crippen molar-refractivity contribution in [3.63, 3.8) is 0 Å². The zero-order valence-corrected chi connectivity index (χ0v) is 14.5. The maximum absolute atomic E-state index is 12.2. The fraction of sp³-hybridized carbons (Fsp3) is 0.526. The lowest BCUT2D eigenvalue weighted by molar-refractivity contribution is -0.141. The van der Waals surface area contributed by atoms with Gasteiger partial charge >= 0.3 is 5.97 Å². The molecule has 1 aromatic carbocycles. The van der Waals surface area contributed by atoms with Gasteiger partial charge in [0.2, 0.25) is 11.8 Å². The molecule has 1 spiro atoms. The lowest BCUT2D eigenvalue weighted by Gasteiger charge is -2.40. The summed E-state index contributed by atoms with van der Waals surface area (Å²) in [4.78, 5) is 36.1. The van der Waals surface area contributed by atoms with Crippen LogP contribution in [-0.2, 0) is 19.8 Å². The molecule has 0 aromatic heterocycles. The topological polar surface area (TPSA) is 86.7 Å². The van der Waals surface area contributed by atoms with E-state index in [0.29, 0.717) is 13.1 Å². The van der Waals surface area contributed by atoms with Gasteiger partial charge in [0.25, 0.3) is 0 Å². The summed E-state index contributed by atoms with van der Waals surface area (Å²) in [5.41, 5.74) is 2.46. The summed E-state index contributed by atoms with van der Waals surface area (Å²) in [7, 11) is 0. The van der Waals surface area contributed by atoms with Gasteiger partial charge < -0.3 is 15.3 Å². The van der Waals surface area contributed by atoms with Crippen LogP contribution in [0.3, 0.4) is 0 Å². The van der Waals surface area contributed by atoms with E-state index in [1.165, 1.54) is 18.1 Å². The smallest absolute Gasteiger partial charge is 0.303 e. The highest BCUT2D eigenvalue weighted by Crippen LogP contribution is 2.50. The molecule has 0 saturated carbocycles. The third-order valence-electron chi connectivity index (χ3n) is 5.51. The Labute approximate surface area is 147 Å². The Morgan fingerprint density at radius 2 is 1.88 bits per heavy atom. The van der Waals surface area contributed by atoms with Gasteiger partial charge in [0.15, 0.2) is 0 Å². The summed E-state index contributed by atoms with van der Waals surface area (Å²) >= 11 is 0. The summed E-state index contributed by atoms with van der Waals surface area (Å²) < 4.78 is 0. The van der Waals surface area contributed by atoms with Gasteiger partial charge in [-0.05, 0) is 30.4 Å². The van der Waals surface area contributed by atoms with Gasteiger partial charge in [-0.15, -0.1) is 0 Å². The van der Waals surface area contributed by atoms with Gasteiger partial charge in [0.05, 0.1) is 12.5 Å². The third kappa shape index (κ3) is 3.52. The molecule has 3 rings (SSSR count). The molecule has 2 N–H and O–H groups in total. The van der Waals surface area contributed by atoms with Crippen molar-refractivity contribution in [2.45, 2.75) is 50.5 Å². The zero-order chi connectivity index (χ0) is 18.0. The number of carboxylic acids is 1. The van der Waals surface area contributed by atoms with E-state index in [-0.39, 0.29) is 36.1 Å². The van der Waals surface area contributed by atoms with Crippen LogP contribution in [0, 0.1) is 0 Å². The molecule has 0 radical (unpaired) electrons. The SMILES string of the molecule is CC(=O)NC1CC2(CCN(C(=O)CCC(=O)O)CC2)c2ccccc21. The van der Waals surface area contributed by atoms with Crippen LogP contribution in [0.2, 0.25) is 0 Å². The molecule has 6 heteroatoms. The van der Waals surface area contributed by atoms with E-state index in [4.69, 9.17) is 5.11 Å². The summed E-state index contributed by atoms with van der Waals surface area (Å²) in [6, 6.07) is 8.27. The predicted molar refractivity (Wildman–Crippen MR) is 92.0 cm³/mol. The maximum atomic E-state index is 12.2. The van der Waals surface area contributed by atoms with Gasteiger partial charge in [-0.25, -0.2) is 0 Å². The van der Waals surface area contributed by atoms with Crippen LogP contribution < -0.4 is 5.32 Å². The number of nitrogens with one attached hydrogen (secondary N) is 1. The molecule has 1 aliphatic carbocycles. The quantitative estimate of drug-likeness (QED) is 0.874. The Bertz CT molecular complexity index is 692. The van der Waals surface area contributed by atoms with Crippen LogP contribution in [0.1, 0.15) is 56.2 Å². The number of carboxylic acid groups (broad SMARTS) is 1. The molecule has 134 valence electrons. The predicted octanol–water partition coefficient (Wildman–Crippen LogP) is 1.99. The third-order valence-corrected chi connectivity index (χ3v) is 5.51. The second-order valence-corrected chi connectivity index (χ2v) is 7.10. The summed E-state index contributed by atoms with van der Waals surface area (Å²) in [5.74, 6) is -1.05. The van der Waals surface area contributed by atoms with E-state index in [2.05, 4.69) is 17.4 Å². The number of hydrogen-bond acceptors (Lipinski definition) is 3. The first kappa shape index (κ1) is 17.5. The number of rotatable bonds is 4. The Kier molecular flexibility index (Phi) is 4.79. The summed E-state index contributed by atoms with van der Waals surface area (Å²) in [5, 5.41) is 11.8. The fourth-order valence-electron chi connectivity index (χ4n) is 4.30. The highest BCUT2D eigenvalue weighted by molar-refractivity contribution is 5.80. The molecule has 25 heavy (non-hydrogen) atoms. The van der Waals surface area contributed by atoms with Crippen molar-refractivity contribution < 1.29 is 19.5 Å². The number of aliphatic carboxylic acids is 1. The van der Waals surface area contributed by atoms with Gasteiger partial charge in [-0.3, -0.25) is 14.4 Å². The molecular formula is C19H24N2O4. The minimum Gasteiger partial charge on any atom is -0.481 e. The van der Waals surface area contributed by atoms with Crippen LogP contribution in [0.4, 0.5) is 0 Å². The number of carbonyl (C=O) groups is 3. The average molecular weight is 344 g/mol. The number of benzene rings is 1. The Morgan fingerprint density at radius 1 is 1.20 bits per heavy atom. The van der Waals surface area contributed by atoms with Crippen LogP contribution in [0.5, 0.6) is 0 Å². The van der Waals surface area contributed by atoms with Crippen molar-refractivity contribution in [2.24, 2.45) is 0 Å². The monoisotopic (exact) mass is 344 g/mol. The Morgan fingerprint density at radius 3 is 2.52 bits per heavy atom. The van der Waals surface area contributed by atoms with Crippen LogP contribution >= 0.6 is 0 Å². The average Bonchev–Trinajstić information content (AvgIpc) is 2.87. The first-order chi connectivity index (χ1) is 11.9. The molecule has 1 atom stereocenters. The van der Waals surface area contributed by atoms with E-state index in [9.17, 15) is 14.4 Å². The number of hydrogen-bond donors (Lipinski definition) is 2. The number of nitrogens with zero attached hydrogens (tertiary/aromatic N) is 1. The largest absolute Gasteiger partial charge is 0.481 e. The second-order valence-electron chi connectivity index (χ2n) is 7.10. The molecule has 1 unspecified atom stereocenters. The Balaban J connectivity index is 1.71. The van der Waals surface area contributed by atoms with E-state index >= 15 is 0 Å². The molecular weight excluding hydrogens is 320 g/mol. The lowest BCUT2D eigenvalue weighted by Crippen LogP contribution is -2.44. The minimum absolute atomic E-state index is 0.00666. The normalized spacial score (nSPS) is 21.0. The van der Waals surface area contributed by atoms with Crippen molar-refractivity contribution in [3.05, 3.63) is 35.4 Å². The van der Waals surface area contributed by atoms with Gasteiger partial charge in [0, 0.05) is 31.8 Å². The van der Waals surface area contributed by atoms with Gasteiger partial charge in [-0.2, -0.15) is 0 Å². The number of amides is 2. The second kappa shape index (κ2) is 6.86. The zero-order valence-electron chi connectivity index (χ0n) is 14.5. The molecule has 1 aliphatic heterocycles. The van der Waals surface area contributed by atoms with Crippen molar-refractivity contribution in [3.8, 4) is 0 Å². The standard InChI is InChI=1S/C19H24N2O4/c1-13(22)20-16-12-19(15-5-3-2-4-14(15)16)8-10-21(11-9-19)17(23)6-7-18(24)25/h2-5,16H,6-12H2,1H3,(H,20,22)(H,24,25). The number of likely N-dealkylation sites (tertiary alicyclic amines) is 1. The number of fused-ring (bicyclic) bond motifs is 2. The summed E-state index contributed by atoms with van der Waals surface area (Å²) in [6.07, 6.45) is 2.50. The van der Waals surface area contributed by atoms with E-state index < -0.39 is 5.97 Å². The summed E-state index contributed by atoms with van der Waals surface area (Å²) in [6.45, 7) is 2.82. The van der Waals surface area contributed by atoms with Gasteiger partial charge in [0.1, 0.15) is 0 Å². The molecule has 0 bridgehead atoms. The van der Waals surface area contributed by atoms with Crippen molar-refractivity contribution in [1.29, 1.82) is 0 Å². The number of carbonyl (C=O) groups excluding carboxylic acids is 2. The molecule has 2 aliphatic rings. The van der Waals surface area contributed by atoms with Crippen LogP contribution in [0.15, 0.2) is 24.3 Å². The van der Waals surface area contributed by atoms with Crippen molar-refractivity contribution in [1.82, 2.24) is 10.2 Å². The highest BCUT2D eigenvalue weighted by Gasteiger charge is 2.45. The fourth-order valence-corrected chi connectivity index (χ4v) is 4.30. The lowest BCUT2D eigenvalue weighted by atomic mass is 9.73. The van der Waals surface area contributed by atoms with Crippen LogP contribution in [-0.4, -0.2) is 40.9 Å². The van der Waals surface area contributed by atoms with Crippen molar-refractivity contribution >= 4 is 17.8 Å². The van der Waals surface area contributed by atoms with E-state index in [0.717, 1.165) is 19.3 Å². The maximum Gasteiger partial charge on any atom is 0.303 e. The first-order valence-corrected chi connectivity index (χ1v) is 8.77. The minimum atomic E-state index is -0.940. The molecule has 6 nitrogen and oxygen atoms in total. The molecule has 1 fully saturated rings. The highest BCUT2D eigenvalue weighted by atomic mass is 16.4. The van der Waals surface area contributed by atoms with Gasteiger partial charge in [-0.1, -0.05) is 24.3 Å². The first-order valence-electron chi connectivity index (χ1n) is 8.77. The van der Waals surface area contributed by atoms with E-state index in [1.807, 2.05) is 12.1 Å².